The molecule has 10 heteroatoms. The zero-order valence-electron chi connectivity index (χ0n) is 13.1. The summed E-state index contributed by atoms with van der Waals surface area (Å²) >= 11 is 1.43. The first-order valence-corrected chi connectivity index (χ1v) is 9.89. The van der Waals surface area contributed by atoms with Gasteiger partial charge in [-0.3, -0.25) is 0 Å². The van der Waals surface area contributed by atoms with Gasteiger partial charge in [-0.25, -0.2) is 18.4 Å². The minimum atomic E-state index is -3.25. The molecule has 23 heavy (non-hydrogen) atoms. The molecular weight excluding hydrogens is 336 g/mol. The molecule has 0 radical (unpaired) electrons. The summed E-state index contributed by atoms with van der Waals surface area (Å²) in [5.41, 5.74) is 0.712. The molecule has 1 N–H and O–H groups in total. The topological polar surface area (TPSA) is 101 Å². The second kappa shape index (κ2) is 6.10. The summed E-state index contributed by atoms with van der Waals surface area (Å²) in [6, 6.07) is 1.56. The van der Waals surface area contributed by atoms with E-state index in [1.165, 1.54) is 21.9 Å². The molecule has 2 aromatic rings. The van der Waals surface area contributed by atoms with Gasteiger partial charge >= 0.3 is 0 Å². The Morgan fingerprint density at radius 2 is 2.09 bits per heavy atom. The van der Waals surface area contributed by atoms with E-state index < -0.39 is 10.0 Å². The normalized spacial score (nSPS) is 19.2. The van der Waals surface area contributed by atoms with Crippen LogP contribution in [0.5, 0.6) is 0 Å². The van der Waals surface area contributed by atoms with Crippen molar-refractivity contribution >= 4 is 32.3 Å². The molecule has 0 unspecified atom stereocenters. The molecule has 0 bridgehead atoms. The summed E-state index contributed by atoms with van der Waals surface area (Å²) < 4.78 is 25.4. The van der Waals surface area contributed by atoms with E-state index in [9.17, 15) is 8.42 Å². The van der Waals surface area contributed by atoms with Crippen molar-refractivity contribution in [3.05, 3.63) is 22.6 Å². The first kappa shape index (κ1) is 16.2. The van der Waals surface area contributed by atoms with Gasteiger partial charge in [-0.2, -0.15) is 4.31 Å². The van der Waals surface area contributed by atoms with Crippen LogP contribution >= 0.6 is 11.3 Å². The van der Waals surface area contributed by atoms with Crippen molar-refractivity contribution in [2.24, 2.45) is 0 Å². The van der Waals surface area contributed by atoms with Gasteiger partial charge in [0.15, 0.2) is 0 Å². The fourth-order valence-electron chi connectivity index (χ4n) is 2.71. The number of aromatic nitrogens is 4. The molecular formula is C13H18N6O2S2. The Balaban J connectivity index is 1.91. The van der Waals surface area contributed by atoms with Gasteiger partial charge in [0.25, 0.3) is 0 Å². The second-order valence-corrected chi connectivity index (χ2v) is 8.62. The van der Waals surface area contributed by atoms with Crippen LogP contribution in [-0.2, 0) is 10.0 Å². The van der Waals surface area contributed by atoms with E-state index >= 15 is 0 Å². The minimum Gasteiger partial charge on any atom is -0.315 e. The maximum Gasteiger partial charge on any atom is 0.211 e. The van der Waals surface area contributed by atoms with Crippen LogP contribution in [0.2, 0.25) is 0 Å². The zero-order valence-corrected chi connectivity index (χ0v) is 14.8. The summed E-state index contributed by atoms with van der Waals surface area (Å²) in [5, 5.41) is 12.6. The number of anilines is 2. The predicted octanol–water partition coefficient (Wildman–Crippen LogP) is 1.79. The number of nitrogens with one attached hydrogen (secondary N) is 1. The number of nitrogens with zero attached hydrogens (tertiary/aromatic N) is 5. The van der Waals surface area contributed by atoms with E-state index in [1.807, 2.05) is 6.92 Å². The van der Waals surface area contributed by atoms with E-state index in [-0.39, 0.29) is 6.04 Å². The minimum absolute atomic E-state index is 0.233. The van der Waals surface area contributed by atoms with Crippen LogP contribution in [0.1, 0.15) is 35.4 Å². The average molecular weight is 354 g/mol. The first-order chi connectivity index (χ1) is 10.8. The molecule has 0 aliphatic carbocycles. The van der Waals surface area contributed by atoms with Gasteiger partial charge < -0.3 is 5.32 Å². The molecule has 0 aromatic carbocycles. The third-order valence-electron chi connectivity index (χ3n) is 3.59. The number of hydrogen-bond acceptors (Lipinski definition) is 8. The maximum atomic E-state index is 11.9. The third-order valence-corrected chi connectivity index (χ3v) is 5.63. The Kier molecular flexibility index (Phi) is 4.30. The lowest BCUT2D eigenvalue weighted by atomic mass is 10.1. The van der Waals surface area contributed by atoms with E-state index in [0.29, 0.717) is 29.0 Å². The van der Waals surface area contributed by atoms with Gasteiger partial charge in [-0.05, 0) is 26.7 Å². The Morgan fingerprint density at radius 3 is 2.74 bits per heavy atom. The second-order valence-electron chi connectivity index (χ2n) is 5.51. The largest absolute Gasteiger partial charge is 0.315 e. The zero-order chi connectivity index (χ0) is 16.6. The van der Waals surface area contributed by atoms with Gasteiger partial charge in [-0.1, -0.05) is 11.3 Å². The molecule has 1 aliphatic rings. The van der Waals surface area contributed by atoms with Crippen LogP contribution in [0.25, 0.3) is 0 Å². The van der Waals surface area contributed by atoms with E-state index in [1.54, 1.807) is 13.0 Å². The lowest BCUT2D eigenvalue weighted by Crippen LogP contribution is -2.30. The number of hydrogen-bond donors (Lipinski definition) is 1. The van der Waals surface area contributed by atoms with Crippen molar-refractivity contribution in [2.45, 2.75) is 32.7 Å². The number of sulfonamides is 1. The molecule has 0 amide bonds. The van der Waals surface area contributed by atoms with Gasteiger partial charge in [0.1, 0.15) is 16.6 Å². The molecule has 1 atom stereocenters. The molecule has 2 aromatic heterocycles. The highest BCUT2D eigenvalue weighted by atomic mass is 32.2. The van der Waals surface area contributed by atoms with E-state index in [2.05, 4.69) is 25.5 Å². The predicted molar refractivity (Wildman–Crippen MR) is 88.2 cm³/mol. The smallest absolute Gasteiger partial charge is 0.211 e. The summed E-state index contributed by atoms with van der Waals surface area (Å²) in [7, 11) is -3.25. The van der Waals surface area contributed by atoms with Crippen molar-refractivity contribution in [1.82, 2.24) is 24.5 Å². The van der Waals surface area contributed by atoms with Crippen LogP contribution in [0.3, 0.4) is 0 Å². The molecule has 1 aliphatic heterocycles. The highest BCUT2D eigenvalue weighted by Gasteiger charge is 2.33. The monoisotopic (exact) mass is 354 g/mol. The average Bonchev–Trinajstić information content (AvgIpc) is 3.06. The Hall–Kier alpha value is -1.65. The summed E-state index contributed by atoms with van der Waals surface area (Å²) in [6.45, 7) is 4.20. The van der Waals surface area contributed by atoms with E-state index in [4.69, 9.17) is 0 Å². The van der Waals surface area contributed by atoms with Crippen LogP contribution < -0.4 is 5.32 Å². The molecule has 3 rings (SSSR count). The van der Waals surface area contributed by atoms with E-state index in [0.717, 1.165) is 17.8 Å². The standard InChI is InChI=1S/C13H18N6O2S2/c1-8-14-10(11-5-4-6-19(11)23(3,20)21)7-12(15-8)16-13-18-17-9(2)22-13/h7,11H,4-6H2,1-3H3,(H,14,15,16,18)/t11-/m0/s1. The molecule has 1 fully saturated rings. The Bertz CT molecular complexity index is 820. The van der Waals surface area contributed by atoms with Crippen molar-refractivity contribution in [3.63, 3.8) is 0 Å². The molecule has 3 heterocycles. The molecule has 124 valence electrons. The quantitative estimate of drug-likeness (QED) is 0.893. The first-order valence-electron chi connectivity index (χ1n) is 7.22. The molecule has 8 nitrogen and oxygen atoms in total. The lowest BCUT2D eigenvalue weighted by Gasteiger charge is -2.22. The number of aryl methyl sites for hydroxylation is 2. The van der Waals surface area contributed by atoms with Gasteiger partial charge in [0, 0.05) is 12.6 Å². The Morgan fingerprint density at radius 1 is 1.30 bits per heavy atom. The molecule has 1 saturated heterocycles. The highest BCUT2D eigenvalue weighted by molar-refractivity contribution is 7.88. The fraction of sp³-hybridized carbons (Fsp3) is 0.538. The lowest BCUT2D eigenvalue weighted by molar-refractivity contribution is 0.393. The van der Waals surface area contributed by atoms with Crippen LogP contribution in [0.4, 0.5) is 10.9 Å². The van der Waals surface area contributed by atoms with Crippen molar-refractivity contribution in [1.29, 1.82) is 0 Å². The fourth-order valence-corrected chi connectivity index (χ4v) is 4.45. The summed E-state index contributed by atoms with van der Waals surface area (Å²) in [5.74, 6) is 1.19. The Labute approximate surface area is 139 Å². The van der Waals surface area contributed by atoms with Gasteiger partial charge in [0.05, 0.1) is 18.0 Å². The van der Waals surface area contributed by atoms with Crippen molar-refractivity contribution < 1.29 is 8.42 Å². The van der Waals surface area contributed by atoms with Gasteiger partial charge in [0.2, 0.25) is 15.2 Å². The summed E-state index contributed by atoms with van der Waals surface area (Å²) in [4.78, 5) is 8.78. The number of rotatable bonds is 4. The summed E-state index contributed by atoms with van der Waals surface area (Å²) in [6.07, 6.45) is 2.84. The highest BCUT2D eigenvalue weighted by Crippen LogP contribution is 2.34. The van der Waals surface area contributed by atoms with Crippen molar-refractivity contribution in [2.75, 3.05) is 18.1 Å². The van der Waals surface area contributed by atoms with Crippen LogP contribution in [-0.4, -0.2) is 45.7 Å². The molecule has 0 spiro atoms. The van der Waals surface area contributed by atoms with Gasteiger partial charge in [-0.15, -0.1) is 10.2 Å². The maximum absolute atomic E-state index is 11.9. The third kappa shape index (κ3) is 3.65. The van der Waals surface area contributed by atoms with Crippen LogP contribution in [0, 0.1) is 13.8 Å². The van der Waals surface area contributed by atoms with Crippen molar-refractivity contribution in [3.8, 4) is 0 Å². The SMILES string of the molecule is Cc1nc(Nc2nnc(C)s2)cc([C@@H]2CCCN2S(C)(=O)=O)n1. The molecule has 0 saturated carbocycles. The van der Waals surface area contributed by atoms with Crippen LogP contribution in [0.15, 0.2) is 6.07 Å².